The van der Waals surface area contributed by atoms with Gasteiger partial charge in [0.25, 0.3) is 5.91 Å². The van der Waals surface area contributed by atoms with Crippen LogP contribution in [0.25, 0.3) is 0 Å². The van der Waals surface area contributed by atoms with E-state index in [0.717, 1.165) is 17.8 Å². The van der Waals surface area contributed by atoms with Crippen LogP contribution in [-0.4, -0.2) is 42.0 Å². The molecule has 0 bridgehead atoms. The second kappa shape index (κ2) is 10.6. The third-order valence-corrected chi connectivity index (χ3v) is 6.50. The Bertz CT molecular complexity index is 1320. The fraction of sp³-hybridized carbons (Fsp3) is 0.200. The predicted molar refractivity (Wildman–Crippen MR) is 139 cm³/mol. The average molecular weight is 630 g/mol. The van der Waals surface area contributed by atoms with Crippen molar-refractivity contribution in [1.82, 2.24) is 4.90 Å². The van der Waals surface area contributed by atoms with Gasteiger partial charge in [-0.05, 0) is 77.2 Å². The fourth-order valence-corrected chi connectivity index (χ4v) is 4.47. The van der Waals surface area contributed by atoms with Gasteiger partial charge in [-0.25, -0.2) is 13.2 Å². The fourth-order valence-electron chi connectivity index (χ4n) is 3.89. The molecule has 1 aliphatic heterocycles. The van der Waals surface area contributed by atoms with Gasteiger partial charge in [0, 0.05) is 21.2 Å². The Balaban J connectivity index is 1.54. The van der Waals surface area contributed by atoms with Crippen LogP contribution in [0.3, 0.4) is 0 Å². The van der Waals surface area contributed by atoms with E-state index in [1.165, 1.54) is 24.0 Å². The number of rotatable bonds is 7. The summed E-state index contributed by atoms with van der Waals surface area (Å²) in [6.07, 6.45) is 0. The number of carbonyl (C=O) groups excluding carboxylic acids is 2. The topological polar surface area (TPSA) is 70.7 Å². The lowest BCUT2D eigenvalue weighted by Crippen LogP contribution is -2.68. The molecule has 3 aromatic carbocycles. The van der Waals surface area contributed by atoms with Crippen molar-refractivity contribution in [2.24, 2.45) is 0 Å². The average Bonchev–Trinajstić information content (AvgIpc) is 2.80. The van der Waals surface area contributed by atoms with Crippen molar-refractivity contribution in [2.45, 2.75) is 12.5 Å². The zero-order valence-corrected chi connectivity index (χ0v) is 21.8. The van der Waals surface area contributed by atoms with E-state index in [2.05, 4.69) is 10.6 Å². The van der Waals surface area contributed by atoms with Crippen molar-refractivity contribution in [3.8, 4) is 0 Å². The highest BCUT2D eigenvalue weighted by molar-refractivity contribution is 14.1. The van der Waals surface area contributed by atoms with Crippen molar-refractivity contribution >= 4 is 63.1 Å². The number of nitrogens with one attached hydrogen (secondary N) is 2. The molecule has 3 aromatic rings. The first-order chi connectivity index (χ1) is 17.1. The smallest absolute Gasteiger partial charge is 0.303 e. The number of likely N-dealkylation sites (tertiary alicyclic amines) is 1. The van der Waals surface area contributed by atoms with Crippen molar-refractivity contribution in [1.29, 1.82) is 0 Å². The van der Waals surface area contributed by atoms with Gasteiger partial charge in [0.15, 0.2) is 17.2 Å². The number of amides is 1. The monoisotopic (exact) mass is 629 g/mol. The quantitative estimate of drug-likeness (QED) is 0.249. The van der Waals surface area contributed by atoms with E-state index in [4.69, 9.17) is 16.3 Å². The normalized spacial score (nSPS) is 14.1. The number of halogens is 5. The molecule has 1 amide bonds. The van der Waals surface area contributed by atoms with E-state index in [-0.39, 0.29) is 30.9 Å². The maximum Gasteiger partial charge on any atom is 0.303 e. The standard InChI is InChI=1S/C25H20ClF3IN3O3/c1-14(34)36-25(11-31-17-5-2-15(26)3-6-17)12-33(13-25)24(35)18-7-8-19(27)22(29)23(18)32-21-9-4-16(30)10-20(21)28/h2-10,31-32H,11-13H2,1H3. The van der Waals surface area contributed by atoms with Crippen LogP contribution < -0.4 is 10.6 Å². The summed E-state index contributed by atoms with van der Waals surface area (Å²) in [6, 6.07) is 13.1. The lowest BCUT2D eigenvalue weighted by atomic mass is 9.92. The molecule has 2 N–H and O–H groups in total. The second-order valence-electron chi connectivity index (χ2n) is 8.33. The van der Waals surface area contributed by atoms with Gasteiger partial charge in [0.05, 0.1) is 36.6 Å². The number of ether oxygens (including phenoxy) is 1. The number of anilines is 3. The van der Waals surface area contributed by atoms with Crippen molar-refractivity contribution in [2.75, 3.05) is 30.3 Å². The third kappa shape index (κ3) is 5.70. The largest absolute Gasteiger partial charge is 0.454 e. The van der Waals surface area contributed by atoms with Gasteiger partial charge in [-0.3, -0.25) is 9.59 Å². The summed E-state index contributed by atoms with van der Waals surface area (Å²) < 4.78 is 49.3. The molecule has 11 heteroatoms. The van der Waals surface area contributed by atoms with Crippen molar-refractivity contribution < 1.29 is 27.5 Å². The molecule has 188 valence electrons. The van der Waals surface area contributed by atoms with E-state index in [1.807, 2.05) is 22.6 Å². The number of carbonyl (C=O) groups is 2. The summed E-state index contributed by atoms with van der Waals surface area (Å²) in [4.78, 5) is 26.3. The molecule has 0 radical (unpaired) electrons. The first-order valence-electron chi connectivity index (χ1n) is 10.8. The van der Waals surface area contributed by atoms with Crippen LogP contribution in [0, 0.1) is 21.0 Å². The minimum Gasteiger partial charge on any atom is -0.454 e. The van der Waals surface area contributed by atoms with Crippen LogP contribution in [0.2, 0.25) is 5.02 Å². The SMILES string of the molecule is CC(=O)OC1(CNc2ccc(Cl)cc2)CN(C(=O)c2ccc(F)c(F)c2Nc2ccc(I)cc2F)C1. The Morgan fingerprint density at radius 3 is 2.39 bits per heavy atom. The Morgan fingerprint density at radius 1 is 1.06 bits per heavy atom. The number of nitrogens with zero attached hydrogens (tertiary/aromatic N) is 1. The highest BCUT2D eigenvalue weighted by Gasteiger charge is 2.48. The third-order valence-electron chi connectivity index (χ3n) is 5.58. The molecule has 1 saturated heterocycles. The number of esters is 1. The van der Waals surface area contributed by atoms with Crippen LogP contribution in [0.4, 0.5) is 30.2 Å². The van der Waals surface area contributed by atoms with Gasteiger partial charge in [-0.15, -0.1) is 0 Å². The van der Waals surface area contributed by atoms with Gasteiger partial charge < -0.3 is 20.3 Å². The van der Waals surface area contributed by atoms with E-state index < -0.39 is 40.6 Å². The highest BCUT2D eigenvalue weighted by Crippen LogP contribution is 2.33. The summed E-state index contributed by atoms with van der Waals surface area (Å²) in [5.74, 6) is -4.34. The van der Waals surface area contributed by atoms with Gasteiger partial charge in [0.2, 0.25) is 0 Å². The summed E-state index contributed by atoms with van der Waals surface area (Å²) in [5.41, 5.74) is -1.06. The minimum atomic E-state index is -1.31. The Hall–Kier alpha value is -2.99. The molecule has 0 aromatic heterocycles. The molecule has 0 saturated carbocycles. The van der Waals surface area contributed by atoms with Gasteiger partial charge in [0.1, 0.15) is 5.82 Å². The van der Waals surface area contributed by atoms with E-state index >= 15 is 0 Å². The van der Waals surface area contributed by atoms with Crippen molar-refractivity contribution in [3.05, 3.63) is 86.2 Å². The molecular weight excluding hydrogens is 610 g/mol. The van der Waals surface area contributed by atoms with E-state index in [0.29, 0.717) is 8.59 Å². The molecule has 1 heterocycles. The molecule has 0 unspecified atom stereocenters. The Labute approximate surface area is 223 Å². The maximum atomic E-state index is 14.7. The second-order valence-corrected chi connectivity index (χ2v) is 10.0. The zero-order chi connectivity index (χ0) is 26.0. The van der Waals surface area contributed by atoms with Gasteiger partial charge in [-0.2, -0.15) is 0 Å². The summed E-state index contributed by atoms with van der Waals surface area (Å²) in [6.45, 7) is 1.50. The number of hydrogen-bond acceptors (Lipinski definition) is 5. The molecule has 0 spiro atoms. The molecule has 1 aliphatic rings. The number of hydrogen-bond donors (Lipinski definition) is 2. The number of benzene rings is 3. The van der Waals surface area contributed by atoms with E-state index in [1.54, 1.807) is 30.3 Å². The van der Waals surface area contributed by atoms with Crippen LogP contribution in [-0.2, 0) is 9.53 Å². The van der Waals surface area contributed by atoms with Gasteiger partial charge in [-0.1, -0.05) is 11.6 Å². The summed E-state index contributed by atoms with van der Waals surface area (Å²) >= 11 is 7.82. The Kier molecular flexibility index (Phi) is 7.65. The predicted octanol–water partition coefficient (Wildman–Crippen LogP) is 5.98. The molecule has 36 heavy (non-hydrogen) atoms. The first-order valence-corrected chi connectivity index (χ1v) is 12.2. The molecule has 0 atom stereocenters. The summed E-state index contributed by atoms with van der Waals surface area (Å²) in [5, 5.41) is 6.23. The highest BCUT2D eigenvalue weighted by atomic mass is 127. The lowest BCUT2D eigenvalue weighted by molar-refractivity contribution is -0.170. The van der Waals surface area contributed by atoms with Gasteiger partial charge >= 0.3 is 5.97 Å². The zero-order valence-electron chi connectivity index (χ0n) is 18.9. The molecular formula is C25H20ClF3IN3O3. The van der Waals surface area contributed by atoms with Crippen LogP contribution in [0.5, 0.6) is 0 Å². The maximum absolute atomic E-state index is 14.7. The molecule has 6 nitrogen and oxygen atoms in total. The lowest BCUT2D eigenvalue weighted by Gasteiger charge is -2.49. The molecule has 0 aliphatic carbocycles. The summed E-state index contributed by atoms with van der Waals surface area (Å²) in [7, 11) is 0. The van der Waals surface area contributed by atoms with Crippen molar-refractivity contribution in [3.63, 3.8) is 0 Å². The van der Waals surface area contributed by atoms with Crippen LogP contribution in [0.15, 0.2) is 54.6 Å². The van der Waals surface area contributed by atoms with Crippen LogP contribution >= 0.6 is 34.2 Å². The minimum absolute atomic E-state index is 0.0162. The van der Waals surface area contributed by atoms with Crippen LogP contribution in [0.1, 0.15) is 17.3 Å². The molecule has 1 fully saturated rings. The first kappa shape index (κ1) is 26.1. The Morgan fingerprint density at radius 2 is 1.75 bits per heavy atom. The molecule has 4 rings (SSSR count). The van der Waals surface area contributed by atoms with E-state index in [9.17, 15) is 22.8 Å².